The van der Waals surface area contributed by atoms with E-state index >= 15 is 0 Å². The van der Waals surface area contributed by atoms with Crippen LogP contribution in [0, 0.1) is 5.92 Å². The molecule has 0 saturated carbocycles. The Bertz CT molecular complexity index is 185. The van der Waals surface area contributed by atoms with Crippen LogP contribution in [0.15, 0.2) is 23.3 Å². The average molecular weight is 293 g/mol. The van der Waals surface area contributed by atoms with E-state index in [2.05, 4.69) is 32.9 Å². The van der Waals surface area contributed by atoms with Gasteiger partial charge in [0.1, 0.15) is 0 Å². The molecule has 1 aliphatic carbocycles. The van der Waals surface area contributed by atoms with Crippen LogP contribution in [0.5, 0.6) is 0 Å². The Morgan fingerprint density at radius 1 is 1.42 bits per heavy atom. The molecule has 0 heterocycles. The van der Waals surface area contributed by atoms with Gasteiger partial charge < -0.3 is 0 Å². The summed E-state index contributed by atoms with van der Waals surface area (Å²) in [7, 11) is 9.71. The monoisotopic (exact) mass is 293 g/mol. The Morgan fingerprint density at radius 3 is 2.25 bits per heavy atom. The van der Waals surface area contributed by atoms with Crippen LogP contribution in [0.1, 0.15) is 27.2 Å². The molecule has 0 radical (unpaired) electrons. The topological polar surface area (TPSA) is 0 Å². The number of rotatable bonds is 0. The first-order valence-corrected chi connectivity index (χ1v) is 8.11. The van der Waals surface area contributed by atoms with E-state index in [1.54, 1.807) is 0 Å². The van der Waals surface area contributed by atoms with E-state index < -0.39 is 0 Å². The fourth-order valence-corrected chi connectivity index (χ4v) is 1.36. The van der Waals surface area contributed by atoms with E-state index in [0.29, 0.717) is 0 Å². The summed E-state index contributed by atoms with van der Waals surface area (Å²) < 4.78 is 0. The van der Waals surface area contributed by atoms with Gasteiger partial charge in [-0.05, 0) is 6.92 Å². The molecule has 0 spiro atoms. The van der Waals surface area contributed by atoms with E-state index in [1.165, 1.54) is 17.1 Å². The first-order valence-electron chi connectivity index (χ1n) is 3.63. The molecule has 0 fully saturated rings. The molecule has 0 unspecified atom stereocenters. The van der Waals surface area contributed by atoms with Crippen LogP contribution >= 0.6 is 19.4 Å². The number of allylic oxidation sites excluding steroid dienone is 4. The first-order chi connectivity index (χ1) is 5.60. The fourth-order valence-electron chi connectivity index (χ4n) is 1.36. The van der Waals surface area contributed by atoms with Crippen LogP contribution in [0.3, 0.4) is 0 Å². The molecule has 0 aromatic heterocycles. The molecule has 1 rings (SSSR count). The van der Waals surface area contributed by atoms with Crippen LogP contribution in [0.4, 0.5) is 0 Å². The molecular formula is C9H13Cl2Ru-. The van der Waals surface area contributed by atoms with Gasteiger partial charge in [-0.15, -0.1) is 25.5 Å². The Kier molecular flexibility index (Phi) is 7.33. The first kappa shape index (κ1) is 12.6. The molecule has 3 heteroatoms. The van der Waals surface area contributed by atoms with Gasteiger partial charge in [-0.1, -0.05) is 6.42 Å². The summed E-state index contributed by atoms with van der Waals surface area (Å²) in [4.78, 5) is 0. The molecule has 12 heavy (non-hydrogen) atoms. The van der Waals surface area contributed by atoms with Crippen molar-refractivity contribution in [1.82, 2.24) is 0 Å². The van der Waals surface area contributed by atoms with Crippen LogP contribution in [0.25, 0.3) is 0 Å². The average Bonchev–Trinajstić information content (AvgIpc) is 1.84. The van der Waals surface area contributed by atoms with Gasteiger partial charge in [0.15, 0.2) is 0 Å². The van der Waals surface area contributed by atoms with Gasteiger partial charge in [0, 0.05) is 0 Å². The summed E-state index contributed by atoms with van der Waals surface area (Å²) in [6, 6.07) is 0. The second kappa shape index (κ2) is 7.00. The predicted molar refractivity (Wildman–Crippen MR) is 52.8 cm³/mol. The van der Waals surface area contributed by atoms with Gasteiger partial charge in [-0.3, -0.25) is 0 Å². The third kappa shape index (κ3) is 6.11. The summed E-state index contributed by atoms with van der Waals surface area (Å²) in [5, 5.41) is 0. The zero-order valence-electron chi connectivity index (χ0n) is 7.47. The van der Waals surface area contributed by atoms with Gasteiger partial charge in [-0.25, -0.2) is 12.0 Å². The molecule has 0 amide bonds. The summed E-state index contributed by atoms with van der Waals surface area (Å²) in [6.45, 7) is 6.51. The van der Waals surface area contributed by atoms with Crippen molar-refractivity contribution in [2.45, 2.75) is 27.2 Å². The van der Waals surface area contributed by atoms with E-state index in [1.807, 2.05) is 0 Å². The molecular weight excluding hydrogens is 280 g/mol. The molecule has 0 nitrogen and oxygen atoms in total. The van der Waals surface area contributed by atoms with Crippen molar-refractivity contribution in [2.75, 3.05) is 0 Å². The van der Waals surface area contributed by atoms with Crippen molar-refractivity contribution in [3.63, 3.8) is 0 Å². The number of halogens is 2. The van der Waals surface area contributed by atoms with Crippen molar-refractivity contribution in [1.29, 1.82) is 0 Å². The molecule has 1 aliphatic rings. The van der Waals surface area contributed by atoms with Crippen molar-refractivity contribution < 1.29 is 15.1 Å². The van der Waals surface area contributed by atoms with Crippen molar-refractivity contribution in [3.05, 3.63) is 29.2 Å². The minimum absolute atomic E-state index is 0.346. The maximum atomic E-state index is 4.85. The molecule has 72 valence electrons. The van der Waals surface area contributed by atoms with Gasteiger partial charge >= 0.3 is 34.5 Å². The van der Waals surface area contributed by atoms with Crippen molar-refractivity contribution >= 4 is 19.4 Å². The molecule has 0 atom stereocenters. The van der Waals surface area contributed by atoms with Crippen LogP contribution in [-0.2, 0) is 15.1 Å². The van der Waals surface area contributed by atoms with Crippen LogP contribution in [0.2, 0.25) is 0 Å². The minimum atomic E-state index is -0.346. The molecule has 0 bridgehead atoms. The Morgan fingerprint density at radius 2 is 1.92 bits per heavy atom. The zero-order valence-corrected chi connectivity index (χ0v) is 10.7. The second-order valence-electron chi connectivity index (χ2n) is 2.95. The van der Waals surface area contributed by atoms with E-state index in [0.717, 1.165) is 6.42 Å². The van der Waals surface area contributed by atoms with Gasteiger partial charge in [0.05, 0.1) is 0 Å². The van der Waals surface area contributed by atoms with E-state index in [-0.39, 0.29) is 15.1 Å². The third-order valence-corrected chi connectivity index (χ3v) is 1.51. The normalized spacial score (nSPS) is 16.2. The third-order valence-electron chi connectivity index (χ3n) is 1.51. The molecule has 0 aliphatic heterocycles. The molecule has 0 aromatic carbocycles. The zero-order chi connectivity index (χ0) is 9.56. The second-order valence-corrected chi connectivity index (χ2v) is 5.59. The van der Waals surface area contributed by atoms with Crippen LogP contribution in [-0.4, -0.2) is 0 Å². The predicted octanol–water partition coefficient (Wildman–Crippen LogP) is 4.25. The summed E-state index contributed by atoms with van der Waals surface area (Å²) in [5.74, 6) is 1.48. The summed E-state index contributed by atoms with van der Waals surface area (Å²) in [5.41, 5.74) is 2.86. The fraction of sp³-hybridized carbons (Fsp3) is 0.444. The van der Waals surface area contributed by atoms with Gasteiger partial charge in [-0.2, -0.15) is 5.57 Å². The number of hydrogen-bond acceptors (Lipinski definition) is 0. The standard InChI is InChI=1S/C9H13.2ClH.Ru/c1-7-4-8(2)6-9(3)5-7;;;/h4-5H,6H2,1-3H3;2*1H;/q-1;;;+2/p-2. The Hall–Kier alpha value is 0.553. The summed E-state index contributed by atoms with van der Waals surface area (Å²) >= 11 is -0.346. The van der Waals surface area contributed by atoms with Gasteiger partial charge in [0.25, 0.3) is 0 Å². The SMILES string of the molecule is CC1=C[C-](C)CC(C)=C1.[Cl][Ru][Cl]. The Balaban J connectivity index is 0.000000354. The van der Waals surface area contributed by atoms with Crippen molar-refractivity contribution in [3.8, 4) is 0 Å². The van der Waals surface area contributed by atoms with Crippen LogP contribution < -0.4 is 0 Å². The van der Waals surface area contributed by atoms with Crippen molar-refractivity contribution in [2.24, 2.45) is 0 Å². The Labute approximate surface area is 90.7 Å². The molecule has 0 N–H and O–H groups in total. The quantitative estimate of drug-likeness (QED) is 0.462. The molecule has 0 aromatic rings. The molecule has 0 saturated heterocycles. The summed E-state index contributed by atoms with van der Waals surface area (Å²) in [6.07, 6.45) is 5.65. The van der Waals surface area contributed by atoms with Gasteiger partial charge in [0.2, 0.25) is 0 Å². The van der Waals surface area contributed by atoms with E-state index in [4.69, 9.17) is 19.4 Å². The van der Waals surface area contributed by atoms with E-state index in [9.17, 15) is 0 Å². The number of hydrogen-bond donors (Lipinski definition) is 0. The maximum absolute atomic E-state index is 4.85.